The highest BCUT2D eigenvalue weighted by atomic mass is 16.4. The first-order valence-electron chi connectivity index (χ1n) is 4.12. The van der Waals surface area contributed by atoms with Crippen LogP contribution in [0.4, 0.5) is 0 Å². The summed E-state index contributed by atoms with van der Waals surface area (Å²) in [4.78, 5) is 19.3. The monoisotopic (exact) mass is 208 g/mol. The fourth-order valence-corrected chi connectivity index (χ4v) is 0.427. The highest BCUT2D eigenvalue weighted by Crippen LogP contribution is 1.86. The van der Waals surface area contributed by atoms with Crippen LogP contribution in [-0.2, 0) is 9.59 Å². The Kier molecular flexibility index (Phi) is 9.27. The SMILES string of the molecule is CCC(O)C(=O)O.C[C@@H](O)CC(=O)O. The van der Waals surface area contributed by atoms with Gasteiger partial charge in [-0.1, -0.05) is 6.92 Å². The zero-order valence-corrected chi connectivity index (χ0v) is 8.17. The summed E-state index contributed by atoms with van der Waals surface area (Å²) in [5, 5.41) is 32.5. The van der Waals surface area contributed by atoms with Gasteiger partial charge in [-0.25, -0.2) is 4.79 Å². The van der Waals surface area contributed by atoms with Gasteiger partial charge in [0.05, 0.1) is 12.5 Å². The number of hydrogen-bond donors (Lipinski definition) is 4. The minimum absolute atomic E-state index is 0.167. The first-order valence-corrected chi connectivity index (χ1v) is 4.12. The third kappa shape index (κ3) is 13.4. The van der Waals surface area contributed by atoms with E-state index >= 15 is 0 Å². The Morgan fingerprint density at radius 2 is 1.64 bits per heavy atom. The fraction of sp³-hybridized carbons (Fsp3) is 0.750. The van der Waals surface area contributed by atoms with Crippen LogP contribution in [0.15, 0.2) is 0 Å². The average Bonchev–Trinajstić information content (AvgIpc) is 2.01. The van der Waals surface area contributed by atoms with E-state index in [4.69, 9.17) is 20.4 Å². The van der Waals surface area contributed by atoms with Crippen LogP contribution < -0.4 is 0 Å². The van der Waals surface area contributed by atoms with Crippen LogP contribution in [-0.4, -0.2) is 44.6 Å². The highest BCUT2D eigenvalue weighted by Gasteiger charge is 2.07. The third-order valence-electron chi connectivity index (χ3n) is 1.14. The molecular formula is C8H16O6. The predicted octanol–water partition coefficient (Wildman–Crippen LogP) is -0.316. The zero-order chi connectivity index (χ0) is 11.7. The van der Waals surface area contributed by atoms with Gasteiger partial charge in [0, 0.05) is 0 Å². The van der Waals surface area contributed by atoms with Crippen molar-refractivity contribution in [3.8, 4) is 0 Å². The lowest BCUT2D eigenvalue weighted by molar-refractivity contribution is -0.146. The van der Waals surface area contributed by atoms with E-state index in [-0.39, 0.29) is 12.8 Å². The number of aliphatic hydroxyl groups is 2. The molecule has 0 spiro atoms. The maximum atomic E-state index is 9.68. The van der Waals surface area contributed by atoms with Gasteiger partial charge in [-0.2, -0.15) is 0 Å². The molecular weight excluding hydrogens is 192 g/mol. The van der Waals surface area contributed by atoms with Crippen molar-refractivity contribution in [2.75, 3.05) is 0 Å². The largest absolute Gasteiger partial charge is 0.481 e. The molecule has 0 aromatic rings. The van der Waals surface area contributed by atoms with Crippen molar-refractivity contribution in [1.29, 1.82) is 0 Å². The summed E-state index contributed by atoms with van der Waals surface area (Å²) in [6, 6.07) is 0. The molecule has 0 heterocycles. The first kappa shape index (κ1) is 15.3. The molecule has 1 unspecified atom stereocenters. The van der Waals surface area contributed by atoms with Crippen LogP contribution in [0.3, 0.4) is 0 Å². The van der Waals surface area contributed by atoms with Gasteiger partial charge in [-0.3, -0.25) is 4.79 Å². The van der Waals surface area contributed by atoms with Crippen molar-refractivity contribution in [1.82, 2.24) is 0 Å². The predicted molar refractivity (Wildman–Crippen MR) is 47.9 cm³/mol. The van der Waals surface area contributed by atoms with Gasteiger partial charge in [0.15, 0.2) is 6.10 Å². The van der Waals surface area contributed by atoms with Crippen molar-refractivity contribution in [2.24, 2.45) is 0 Å². The number of aliphatic carboxylic acids is 2. The average molecular weight is 208 g/mol. The smallest absolute Gasteiger partial charge is 0.332 e. The fourth-order valence-electron chi connectivity index (χ4n) is 0.427. The Bertz CT molecular complexity index is 177. The third-order valence-corrected chi connectivity index (χ3v) is 1.14. The molecule has 0 fully saturated rings. The molecule has 0 radical (unpaired) electrons. The minimum atomic E-state index is -1.18. The molecule has 4 N–H and O–H groups in total. The quantitative estimate of drug-likeness (QED) is 0.503. The number of carbonyl (C=O) groups is 2. The number of carboxylic acid groups (broad SMARTS) is 2. The van der Waals surface area contributed by atoms with Crippen LogP contribution in [0.25, 0.3) is 0 Å². The van der Waals surface area contributed by atoms with Gasteiger partial charge in [0.2, 0.25) is 0 Å². The maximum absolute atomic E-state index is 9.68. The van der Waals surface area contributed by atoms with Crippen LogP contribution in [0, 0.1) is 0 Å². The molecule has 0 aliphatic carbocycles. The Labute approximate surface area is 81.8 Å². The Balaban J connectivity index is 0. The van der Waals surface area contributed by atoms with Crippen molar-refractivity contribution in [3.05, 3.63) is 0 Å². The maximum Gasteiger partial charge on any atom is 0.332 e. The van der Waals surface area contributed by atoms with E-state index in [1.807, 2.05) is 0 Å². The van der Waals surface area contributed by atoms with Gasteiger partial charge in [-0.15, -0.1) is 0 Å². The van der Waals surface area contributed by atoms with Crippen LogP contribution in [0.2, 0.25) is 0 Å². The van der Waals surface area contributed by atoms with E-state index < -0.39 is 24.1 Å². The highest BCUT2D eigenvalue weighted by molar-refractivity contribution is 5.71. The van der Waals surface area contributed by atoms with Crippen LogP contribution >= 0.6 is 0 Å². The molecule has 0 aromatic carbocycles. The Morgan fingerprint density at radius 3 is 1.64 bits per heavy atom. The van der Waals surface area contributed by atoms with E-state index in [0.29, 0.717) is 0 Å². The molecule has 0 aromatic heterocycles. The van der Waals surface area contributed by atoms with Crippen molar-refractivity contribution >= 4 is 11.9 Å². The summed E-state index contributed by atoms with van der Waals surface area (Å²) >= 11 is 0. The molecule has 0 bridgehead atoms. The van der Waals surface area contributed by atoms with Gasteiger partial charge in [0.25, 0.3) is 0 Å². The van der Waals surface area contributed by atoms with E-state index in [2.05, 4.69) is 0 Å². The van der Waals surface area contributed by atoms with Gasteiger partial charge in [-0.05, 0) is 13.3 Å². The molecule has 84 valence electrons. The molecule has 2 atom stereocenters. The summed E-state index contributed by atoms with van der Waals surface area (Å²) in [5.74, 6) is -2.11. The normalized spacial score (nSPS) is 13.4. The molecule has 14 heavy (non-hydrogen) atoms. The molecule has 0 saturated carbocycles. The van der Waals surface area contributed by atoms with Gasteiger partial charge in [0.1, 0.15) is 0 Å². The summed E-state index contributed by atoms with van der Waals surface area (Å²) < 4.78 is 0. The van der Waals surface area contributed by atoms with Crippen molar-refractivity contribution < 1.29 is 30.0 Å². The lowest BCUT2D eigenvalue weighted by Gasteiger charge is -1.95. The Morgan fingerprint density at radius 1 is 1.21 bits per heavy atom. The number of rotatable bonds is 4. The van der Waals surface area contributed by atoms with E-state index in [9.17, 15) is 9.59 Å². The standard InChI is InChI=1S/2C4H8O3/c1-3(5)2-4(6)7;1-2-3(5)4(6)7/h2*3,5H,2H2,1H3,(H,6,7)/t3-;/m1./s1. The Hall–Kier alpha value is -1.14. The molecule has 0 rings (SSSR count). The second-order valence-corrected chi connectivity index (χ2v) is 2.71. The minimum Gasteiger partial charge on any atom is -0.481 e. The molecule has 0 amide bonds. The van der Waals surface area contributed by atoms with Crippen molar-refractivity contribution in [3.63, 3.8) is 0 Å². The van der Waals surface area contributed by atoms with Gasteiger partial charge < -0.3 is 20.4 Å². The topological polar surface area (TPSA) is 115 Å². The summed E-state index contributed by atoms with van der Waals surface area (Å²) in [7, 11) is 0. The summed E-state index contributed by atoms with van der Waals surface area (Å²) in [5.41, 5.74) is 0. The zero-order valence-electron chi connectivity index (χ0n) is 8.17. The van der Waals surface area contributed by atoms with Gasteiger partial charge >= 0.3 is 11.9 Å². The molecule has 6 heteroatoms. The van der Waals surface area contributed by atoms with Crippen molar-refractivity contribution in [2.45, 2.75) is 38.9 Å². The lowest BCUT2D eigenvalue weighted by Crippen LogP contribution is -2.17. The second-order valence-electron chi connectivity index (χ2n) is 2.71. The lowest BCUT2D eigenvalue weighted by atomic mass is 10.3. The molecule has 0 saturated heterocycles. The van der Waals surface area contributed by atoms with Crippen LogP contribution in [0.1, 0.15) is 26.7 Å². The van der Waals surface area contributed by atoms with E-state index in [0.717, 1.165) is 0 Å². The number of aliphatic hydroxyl groups excluding tert-OH is 2. The first-order chi connectivity index (χ1) is 6.31. The number of hydrogen-bond acceptors (Lipinski definition) is 4. The molecule has 0 aliphatic heterocycles. The van der Waals surface area contributed by atoms with E-state index in [1.54, 1.807) is 6.92 Å². The molecule has 0 aliphatic rings. The molecule has 6 nitrogen and oxygen atoms in total. The summed E-state index contributed by atoms with van der Waals surface area (Å²) in [6.45, 7) is 3.05. The van der Waals surface area contributed by atoms with Crippen LogP contribution in [0.5, 0.6) is 0 Å². The second kappa shape index (κ2) is 8.46. The van der Waals surface area contributed by atoms with E-state index in [1.165, 1.54) is 6.92 Å². The summed E-state index contributed by atoms with van der Waals surface area (Å²) in [6.07, 6.45) is -1.80. The number of carboxylic acids is 2.